The van der Waals surface area contributed by atoms with E-state index < -0.39 is 11.2 Å². The average molecular weight is 191 g/mol. The molecule has 0 aliphatic rings. The van der Waals surface area contributed by atoms with Gasteiger partial charge in [-0.3, -0.25) is 9.59 Å². The van der Waals surface area contributed by atoms with Crippen LogP contribution >= 0.6 is 11.8 Å². The van der Waals surface area contributed by atoms with Crippen LogP contribution < -0.4 is 5.73 Å². The van der Waals surface area contributed by atoms with Gasteiger partial charge in [0.25, 0.3) is 0 Å². The van der Waals surface area contributed by atoms with E-state index >= 15 is 0 Å². The molecule has 0 saturated heterocycles. The summed E-state index contributed by atoms with van der Waals surface area (Å²) in [4.78, 5) is 20.9. The van der Waals surface area contributed by atoms with Crippen LogP contribution in [0, 0.1) is 5.92 Å². The van der Waals surface area contributed by atoms with Crippen molar-refractivity contribution in [3.63, 3.8) is 0 Å². The zero-order valence-corrected chi connectivity index (χ0v) is 7.93. The van der Waals surface area contributed by atoms with Crippen LogP contribution in [0.3, 0.4) is 0 Å². The molecule has 2 unspecified atom stereocenters. The quantitative estimate of drug-likeness (QED) is 0.655. The fourth-order valence-electron chi connectivity index (χ4n) is 0.442. The molecule has 5 heteroatoms. The fraction of sp³-hybridized carbons (Fsp3) is 0.714. The fourth-order valence-corrected chi connectivity index (χ4v) is 1.33. The van der Waals surface area contributed by atoms with Crippen molar-refractivity contribution in [3.8, 4) is 0 Å². The number of amides is 1. The van der Waals surface area contributed by atoms with E-state index in [4.69, 9.17) is 10.8 Å². The van der Waals surface area contributed by atoms with Gasteiger partial charge in [0.1, 0.15) is 0 Å². The number of carboxylic acid groups (broad SMARTS) is 1. The Morgan fingerprint density at radius 3 is 2.33 bits per heavy atom. The molecule has 0 heterocycles. The van der Waals surface area contributed by atoms with E-state index in [9.17, 15) is 9.59 Å². The Morgan fingerprint density at radius 2 is 2.00 bits per heavy atom. The van der Waals surface area contributed by atoms with E-state index in [1.54, 1.807) is 13.8 Å². The summed E-state index contributed by atoms with van der Waals surface area (Å²) in [6.45, 7) is 3.27. The lowest BCUT2D eigenvalue weighted by atomic mass is 10.2. The van der Waals surface area contributed by atoms with Gasteiger partial charge in [-0.2, -0.15) is 0 Å². The number of nitrogens with two attached hydrogens (primary N) is 1. The Hall–Kier alpha value is -0.710. The van der Waals surface area contributed by atoms with Crippen molar-refractivity contribution in [3.05, 3.63) is 0 Å². The molecule has 0 aliphatic heterocycles. The molecule has 0 fully saturated rings. The predicted octanol–water partition coefficient (Wildman–Crippen LogP) is 0.314. The Labute approximate surface area is 75.5 Å². The van der Waals surface area contributed by atoms with Crippen molar-refractivity contribution in [1.82, 2.24) is 0 Å². The summed E-state index contributed by atoms with van der Waals surface area (Å²) in [5.41, 5.74) is 5.00. The molecule has 12 heavy (non-hydrogen) atoms. The van der Waals surface area contributed by atoms with E-state index in [2.05, 4.69) is 0 Å². The highest BCUT2D eigenvalue weighted by Crippen LogP contribution is 2.14. The van der Waals surface area contributed by atoms with Crippen molar-refractivity contribution in [2.45, 2.75) is 19.1 Å². The summed E-state index contributed by atoms with van der Waals surface area (Å²) in [7, 11) is 0. The standard InChI is InChI=1S/C7H13NO3S/c1-4(6(8)9)3-12-5(2)7(10)11/h4-5H,3H2,1-2H3,(H2,8,9)(H,10,11). The van der Waals surface area contributed by atoms with Crippen LogP contribution in [-0.2, 0) is 9.59 Å². The molecular formula is C7H13NO3S. The van der Waals surface area contributed by atoms with Crippen LogP contribution in [0.5, 0.6) is 0 Å². The monoisotopic (exact) mass is 191 g/mol. The minimum Gasteiger partial charge on any atom is -0.480 e. The summed E-state index contributed by atoms with van der Waals surface area (Å²) < 4.78 is 0. The van der Waals surface area contributed by atoms with Gasteiger partial charge in [0.2, 0.25) is 5.91 Å². The first-order valence-electron chi connectivity index (χ1n) is 3.59. The molecule has 0 saturated carbocycles. The molecule has 1 amide bonds. The maximum atomic E-state index is 10.5. The summed E-state index contributed by atoms with van der Waals surface area (Å²) in [5, 5.41) is 8.02. The highest BCUT2D eigenvalue weighted by atomic mass is 32.2. The van der Waals surface area contributed by atoms with E-state index in [1.807, 2.05) is 0 Å². The second kappa shape index (κ2) is 5.03. The molecule has 0 aromatic rings. The van der Waals surface area contributed by atoms with Gasteiger partial charge < -0.3 is 10.8 Å². The number of carbonyl (C=O) groups is 2. The van der Waals surface area contributed by atoms with Crippen molar-refractivity contribution in [2.24, 2.45) is 11.7 Å². The van der Waals surface area contributed by atoms with Crippen LogP contribution in [0.25, 0.3) is 0 Å². The third-order valence-electron chi connectivity index (χ3n) is 1.43. The van der Waals surface area contributed by atoms with Gasteiger partial charge in [0, 0.05) is 11.7 Å². The second-order valence-electron chi connectivity index (χ2n) is 2.62. The van der Waals surface area contributed by atoms with E-state index in [0.29, 0.717) is 5.75 Å². The average Bonchev–Trinajstić information content (AvgIpc) is 1.98. The van der Waals surface area contributed by atoms with Crippen LogP contribution in [-0.4, -0.2) is 28.0 Å². The number of primary amides is 1. The Balaban J connectivity index is 3.68. The SMILES string of the molecule is CC(CSC(C)C(=O)O)C(N)=O. The number of carbonyl (C=O) groups excluding carboxylic acids is 1. The Morgan fingerprint density at radius 1 is 1.50 bits per heavy atom. The van der Waals surface area contributed by atoms with Crippen LogP contribution in [0.2, 0.25) is 0 Å². The van der Waals surface area contributed by atoms with Crippen molar-refractivity contribution >= 4 is 23.6 Å². The zero-order valence-electron chi connectivity index (χ0n) is 7.11. The molecule has 0 bridgehead atoms. The number of hydrogen-bond donors (Lipinski definition) is 2. The number of aliphatic carboxylic acids is 1. The number of carboxylic acids is 1. The third-order valence-corrected chi connectivity index (χ3v) is 2.82. The number of thioether (sulfide) groups is 1. The van der Waals surface area contributed by atoms with E-state index in [-0.39, 0.29) is 11.8 Å². The van der Waals surface area contributed by atoms with Crippen molar-refractivity contribution in [1.29, 1.82) is 0 Å². The molecule has 70 valence electrons. The first-order chi connectivity index (χ1) is 5.45. The lowest BCUT2D eigenvalue weighted by Gasteiger charge is -2.08. The zero-order chi connectivity index (χ0) is 9.72. The van der Waals surface area contributed by atoms with E-state index in [1.165, 1.54) is 11.8 Å². The molecule has 0 rings (SSSR count). The minimum atomic E-state index is -0.864. The van der Waals surface area contributed by atoms with Gasteiger partial charge in [0.15, 0.2) is 0 Å². The summed E-state index contributed by atoms with van der Waals surface area (Å²) in [6.07, 6.45) is 0. The summed E-state index contributed by atoms with van der Waals surface area (Å²) >= 11 is 1.22. The van der Waals surface area contributed by atoms with Gasteiger partial charge in [0.05, 0.1) is 5.25 Å². The molecule has 4 nitrogen and oxygen atoms in total. The third kappa shape index (κ3) is 4.23. The van der Waals surface area contributed by atoms with Crippen LogP contribution in [0.1, 0.15) is 13.8 Å². The first-order valence-corrected chi connectivity index (χ1v) is 4.63. The predicted molar refractivity (Wildman–Crippen MR) is 47.9 cm³/mol. The minimum absolute atomic E-state index is 0.267. The molecule has 3 N–H and O–H groups in total. The summed E-state index contributed by atoms with van der Waals surface area (Å²) in [5.74, 6) is -1.06. The Bertz CT molecular complexity index is 163. The molecule has 2 atom stereocenters. The van der Waals surface area contributed by atoms with Gasteiger partial charge in [-0.05, 0) is 6.92 Å². The number of hydrogen-bond acceptors (Lipinski definition) is 3. The lowest BCUT2D eigenvalue weighted by Crippen LogP contribution is -2.24. The van der Waals surface area contributed by atoms with Gasteiger partial charge in [-0.1, -0.05) is 6.92 Å². The molecular weight excluding hydrogens is 178 g/mol. The first kappa shape index (κ1) is 11.3. The van der Waals surface area contributed by atoms with Crippen LogP contribution in [0.4, 0.5) is 0 Å². The molecule has 0 spiro atoms. The van der Waals surface area contributed by atoms with Gasteiger partial charge in [-0.25, -0.2) is 0 Å². The van der Waals surface area contributed by atoms with E-state index in [0.717, 1.165) is 0 Å². The normalized spacial score (nSPS) is 15.2. The maximum Gasteiger partial charge on any atom is 0.316 e. The maximum absolute atomic E-state index is 10.5. The molecule has 0 aromatic heterocycles. The molecule has 0 aliphatic carbocycles. The molecule has 0 radical (unpaired) electrons. The highest BCUT2D eigenvalue weighted by Gasteiger charge is 2.15. The smallest absolute Gasteiger partial charge is 0.316 e. The highest BCUT2D eigenvalue weighted by molar-refractivity contribution is 8.00. The number of rotatable bonds is 5. The van der Waals surface area contributed by atoms with Crippen molar-refractivity contribution in [2.75, 3.05) is 5.75 Å². The largest absolute Gasteiger partial charge is 0.480 e. The van der Waals surface area contributed by atoms with Gasteiger partial charge >= 0.3 is 5.97 Å². The lowest BCUT2D eigenvalue weighted by molar-refractivity contribution is -0.136. The van der Waals surface area contributed by atoms with Crippen LogP contribution in [0.15, 0.2) is 0 Å². The van der Waals surface area contributed by atoms with Gasteiger partial charge in [-0.15, -0.1) is 11.8 Å². The second-order valence-corrected chi connectivity index (χ2v) is 3.99. The molecule has 0 aromatic carbocycles. The Kier molecular flexibility index (Phi) is 4.73. The van der Waals surface area contributed by atoms with Crippen molar-refractivity contribution < 1.29 is 14.7 Å². The summed E-state index contributed by atoms with van der Waals surface area (Å²) in [6, 6.07) is 0. The topological polar surface area (TPSA) is 80.4 Å².